The summed E-state index contributed by atoms with van der Waals surface area (Å²) in [6.45, 7) is 2.22. The number of sulfonamides is 1. The van der Waals surface area contributed by atoms with Crippen molar-refractivity contribution in [1.82, 2.24) is 9.21 Å². The molecule has 9 nitrogen and oxygen atoms in total. The van der Waals surface area contributed by atoms with E-state index in [2.05, 4.69) is 10.2 Å². The zero-order valence-corrected chi connectivity index (χ0v) is 18.2. The van der Waals surface area contributed by atoms with E-state index in [0.29, 0.717) is 36.8 Å². The fourth-order valence-electron chi connectivity index (χ4n) is 3.06. The SMILES string of the molecule is CSc1ccc(C(=O)Nc2ccc(S(=O)(=O)N3CCN(C)CC3)cc2)cc1[N+](=O)[O-]. The van der Waals surface area contributed by atoms with Crippen LogP contribution in [0.5, 0.6) is 0 Å². The molecule has 1 heterocycles. The highest BCUT2D eigenvalue weighted by Gasteiger charge is 2.27. The first kappa shape index (κ1) is 22.2. The van der Waals surface area contributed by atoms with Crippen molar-refractivity contribution in [2.75, 3.05) is 44.8 Å². The van der Waals surface area contributed by atoms with Crippen LogP contribution in [-0.2, 0) is 10.0 Å². The number of nitro groups is 1. The fraction of sp³-hybridized carbons (Fsp3) is 0.316. The molecule has 0 bridgehead atoms. The Morgan fingerprint density at radius 2 is 1.73 bits per heavy atom. The van der Waals surface area contributed by atoms with Gasteiger partial charge in [-0.05, 0) is 49.7 Å². The molecule has 0 saturated carbocycles. The summed E-state index contributed by atoms with van der Waals surface area (Å²) in [6.07, 6.45) is 1.72. The van der Waals surface area contributed by atoms with Crippen LogP contribution in [0.1, 0.15) is 10.4 Å². The van der Waals surface area contributed by atoms with Gasteiger partial charge in [0, 0.05) is 43.5 Å². The first-order chi connectivity index (χ1) is 14.2. The monoisotopic (exact) mass is 450 g/mol. The normalized spacial score (nSPS) is 15.7. The van der Waals surface area contributed by atoms with Gasteiger partial charge >= 0.3 is 0 Å². The number of hydrogen-bond acceptors (Lipinski definition) is 7. The van der Waals surface area contributed by atoms with E-state index in [-0.39, 0.29) is 16.1 Å². The maximum absolute atomic E-state index is 12.8. The molecule has 1 aliphatic rings. The molecule has 3 rings (SSSR count). The van der Waals surface area contributed by atoms with Crippen LogP contribution in [-0.4, -0.2) is 67.9 Å². The van der Waals surface area contributed by atoms with E-state index in [0.717, 1.165) is 0 Å². The number of carbonyl (C=O) groups is 1. The van der Waals surface area contributed by atoms with Crippen molar-refractivity contribution in [2.45, 2.75) is 9.79 Å². The van der Waals surface area contributed by atoms with Crippen molar-refractivity contribution in [1.29, 1.82) is 0 Å². The van der Waals surface area contributed by atoms with Crippen LogP contribution in [0.2, 0.25) is 0 Å². The predicted octanol–water partition coefficient (Wildman–Crippen LogP) is 2.51. The van der Waals surface area contributed by atoms with Crippen LogP contribution in [0.15, 0.2) is 52.3 Å². The molecule has 1 amide bonds. The third-order valence-electron chi connectivity index (χ3n) is 4.85. The van der Waals surface area contributed by atoms with Gasteiger partial charge < -0.3 is 10.2 Å². The van der Waals surface area contributed by atoms with Gasteiger partial charge in [-0.15, -0.1) is 11.8 Å². The summed E-state index contributed by atoms with van der Waals surface area (Å²) >= 11 is 1.23. The molecular weight excluding hydrogens is 428 g/mol. The predicted molar refractivity (Wildman–Crippen MR) is 116 cm³/mol. The number of nitrogens with one attached hydrogen (secondary N) is 1. The zero-order valence-electron chi connectivity index (χ0n) is 16.6. The number of amides is 1. The molecule has 1 fully saturated rings. The number of rotatable bonds is 6. The Morgan fingerprint density at radius 1 is 1.10 bits per heavy atom. The molecule has 0 unspecified atom stereocenters. The van der Waals surface area contributed by atoms with Crippen molar-refractivity contribution < 1.29 is 18.1 Å². The molecule has 1 saturated heterocycles. The standard InChI is InChI=1S/C19H22N4O5S2/c1-21-9-11-22(12-10-21)30(27,28)16-6-4-15(5-7-16)20-19(24)14-3-8-18(29-2)17(13-14)23(25)26/h3-8,13H,9-12H2,1-2H3,(H,20,24). The van der Waals surface area contributed by atoms with Crippen molar-refractivity contribution in [3.8, 4) is 0 Å². The highest BCUT2D eigenvalue weighted by atomic mass is 32.2. The Hall–Kier alpha value is -2.47. The smallest absolute Gasteiger partial charge is 0.283 e. The molecule has 11 heteroatoms. The Labute approximate surface area is 179 Å². The van der Waals surface area contributed by atoms with Gasteiger partial charge in [0.25, 0.3) is 11.6 Å². The van der Waals surface area contributed by atoms with E-state index in [1.165, 1.54) is 58.5 Å². The summed E-state index contributed by atoms with van der Waals surface area (Å²) in [5, 5.41) is 13.8. The number of benzene rings is 2. The Balaban J connectivity index is 1.73. The average molecular weight is 451 g/mol. The second kappa shape index (κ2) is 9.13. The van der Waals surface area contributed by atoms with Crippen LogP contribution < -0.4 is 5.32 Å². The van der Waals surface area contributed by atoms with E-state index in [1.807, 2.05) is 7.05 Å². The number of thioether (sulfide) groups is 1. The molecule has 0 aromatic heterocycles. The third kappa shape index (κ3) is 4.81. The lowest BCUT2D eigenvalue weighted by molar-refractivity contribution is -0.387. The summed E-state index contributed by atoms with van der Waals surface area (Å²) in [4.78, 5) is 25.8. The van der Waals surface area contributed by atoms with Gasteiger partial charge in [0.2, 0.25) is 10.0 Å². The lowest BCUT2D eigenvalue weighted by atomic mass is 10.2. The molecule has 0 aliphatic carbocycles. The van der Waals surface area contributed by atoms with Crippen molar-refractivity contribution >= 4 is 39.1 Å². The van der Waals surface area contributed by atoms with Gasteiger partial charge in [-0.1, -0.05) is 0 Å². The number of hydrogen-bond donors (Lipinski definition) is 1. The second-order valence-electron chi connectivity index (χ2n) is 6.83. The minimum atomic E-state index is -3.59. The second-order valence-corrected chi connectivity index (χ2v) is 9.62. The number of piperazine rings is 1. The first-order valence-corrected chi connectivity index (χ1v) is 11.8. The maximum Gasteiger partial charge on any atom is 0.283 e. The molecular formula is C19H22N4O5S2. The van der Waals surface area contributed by atoms with Crippen LogP contribution >= 0.6 is 11.8 Å². The van der Waals surface area contributed by atoms with Gasteiger partial charge in [-0.3, -0.25) is 14.9 Å². The van der Waals surface area contributed by atoms with E-state index >= 15 is 0 Å². The van der Waals surface area contributed by atoms with Gasteiger partial charge in [0.15, 0.2) is 0 Å². The van der Waals surface area contributed by atoms with E-state index in [9.17, 15) is 23.3 Å². The third-order valence-corrected chi connectivity index (χ3v) is 7.55. The average Bonchev–Trinajstić information content (AvgIpc) is 2.74. The Kier molecular flexibility index (Phi) is 6.76. The molecule has 160 valence electrons. The molecule has 0 radical (unpaired) electrons. The molecule has 2 aromatic carbocycles. The van der Waals surface area contributed by atoms with Crippen molar-refractivity contribution in [2.24, 2.45) is 0 Å². The minimum Gasteiger partial charge on any atom is -0.322 e. The van der Waals surface area contributed by atoms with Crippen LogP contribution in [0.3, 0.4) is 0 Å². The molecule has 1 aliphatic heterocycles. The molecule has 0 spiro atoms. The van der Waals surface area contributed by atoms with Gasteiger partial charge in [0.05, 0.1) is 14.7 Å². The van der Waals surface area contributed by atoms with E-state index in [4.69, 9.17) is 0 Å². The highest BCUT2D eigenvalue weighted by Crippen LogP contribution is 2.28. The summed E-state index contributed by atoms with van der Waals surface area (Å²) in [6, 6.07) is 10.2. The van der Waals surface area contributed by atoms with Crippen molar-refractivity contribution in [3.05, 3.63) is 58.1 Å². The summed E-state index contributed by atoms with van der Waals surface area (Å²) in [7, 11) is -1.64. The Morgan fingerprint density at radius 3 is 2.30 bits per heavy atom. The maximum atomic E-state index is 12.8. The van der Waals surface area contributed by atoms with E-state index in [1.54, 1.807) is 6.26 Å². The molecule has 1 N–H and O–H groups in total. The van der Waals surface area contributed by atoms with Gasteiger partial charge in [0.1, 0.15) is 0 Å². The Bertz CT molecular complexity index is 1050. The van der Waals surface area contributed by atoms with Crippen LogP contribution in [0, 0.1) is 10.1 Å². The number of likely N-dealkylation sites (N-methyl/N-ethyl adjacent to an activating group) is 1. The van der Waals surface area contributed by atoms with E-state index < -0.39 is 20.9 Å². The summed E-state index contributed by atoms with van der Waals surface area (Å²) in [5.41, 5.74) is 0.409. The summed E-state index contributed by atoms with van der Waals surface area (Å²) < 4.78 is 27.0. The molecule has 2 aromatic rings. The summed E-state index contributed by atoms with van der Waals surface area (Å²) in [5.74, 6) is -0.513. The van der Waals surface area contributed by atoms with Crippen molar-refractivity contribution in [3.63, 3.8) is 0 Å². The van der Waals surface area contributed by atoms with Crippen LogP contribution in [0.25, 0.3) is 0 Å². The van der Waals surface area contributed by atoms with Gasteiger partial charge in [-0.25, -0.2) is 8.42 Å². The topological polar surface area (TPSA) is 113 Å². The lowest BCUT2D eigenvalue weighted by Gasteiger charge is -2.31. The quantitative estimate of drug-likeness (QED) is 0.409. The molecule has 0 atom stereocenters. The number of nitro benzene ring substituents is 1. The number of anilines is 1. The number of carbonyl (C=O) groups excluding carboxylic acids is 1. The number of nitrogens with zero attached hydrogens (tertiary/aromatic N) is 3. The van der Waals surface area contributed by atoms with Crippen LogP contribution in [0.4, 0.5) is 11.4 Å². The van der Waals surface area contributed by atoms with Gasteiger partial charge in [-0.2, -0.15) is 4.31 Å². The minimum absolute atomic E-state index is 0.135. The first-order valence-electron chi connectivity index (χ1n) is 9.15. The fourth-order valence-corrected chi connectivity index (χ4v) is 5.03. The largest absolute Gasteiger partial charge is 0.322 e. The highest BCUT2D eigenvalue weighted by molar-refractivity contribution is 7.98. The molecule has 30 heavy (non-hydrogen) atoms. The zero-order chi connectivity index (χ0) is 21.9. The lowest BCUT2D eigenvalue weighted by Crippen LogP contribution is -2.46.